The predicted octanol–water partition coefficient (Wildman–Crippen LogP) is 0.775. The van der Waals surface area contributed by atoms with Crippen molar-refractivity contribution in [3.05, 3.63) is 12.2 Å². The molecule has 1 amide bonds. The molecule has 0 bridgehead atoms. The molecule has 74 valence electrons. The number of hydrogen-bond donors (Lipinski definition) is 2. The summed E-state index contributed by atoms with van der Waals surface area (Å²) >= 11 is 0. The summed E-state index contributed by atoms with van der Waals surface area (Å²) in [5, 5.41) is 8.67. The van der Waals surface area contributed by atoms with Crippen molar-refractivity contribution in [1.82, 2.24) is 0 Å². The second kappa shape index (κ2) is 5.35. The number of carboxylic acid groups (broad SMARTS) is 1. The van der Waals surface area contributed by atoms with Crippen LogP contribution in [0.4, 0.5) is 0 Å². The third-order valence-electron chi connectivity index (χ3n) is 1.98. The second-order valence-electron chi connectivity index (χ2n) is 2.94. The minimum absolute atomic E-state index is 0.388. The van der Waals surface area contributed by atoms with Crippen LogP contribution in [0, 0.1) is 11.8 Å². The average Bonchev–Trinajstić information content (AvgIpc) is 2.04. The summed E-state index contributed by atoms with van der Waals surface area (Å²) in [7, 11) is 0. The lowest BCUT2D eigenvalue weighted by Gasteiger charge is -2.15. The van der Waals surface area contributed by atoms with Gasteiger partial charge in [0.15, 0.2) is 0 Å². The van der Waals surface area contributed by atoms with Crippen molar-refractivity contribution in [3.63, 3.8) is 0 Å². The number of carbonyl (C=O) groups excluding carboxylic acids is 1. The number of aliphatic carboxylic acids is 1. The first-order valence-corrected chi connectivity index (χ1v) is 4.14. The normalized spacial score (nSPS) is 15.5. The molecule has 0 saturated carbocycles. The van der Waals surface area contributed by atoms with Crippen molar-refractivity contribution in [1.29, 1.82) is 0 Å². The molecule has 0 aromatic rings. The molecule has 4 nitrogen and oxygen atoms in total. The van der Waals surface area contributed by atoms with Gasteiger partial charge in [-0.15, -0.1) is 0 Å². The van der Waals surface area contributed by atoms with Crippen LogP contribution < -0.4 is 5.73 Å². The van der Waals surface area contributed by atoms with E-state index in [0.29, 0.717) is 6.42 Å². The highest BCUT2D eigenvalue weighted by molar-refractivity contribution is 5.83. The number of hydrogen-bond acceptors (Lipinski definition) is 2. The van der Waals surface area contributed by atoms with Crippen LogP contribution in [0.15, 0.2) is 12.2 Å². The van der Waals surface area contributed by atoms with Gasteiger partial charge in [-0.3, -0.25) is 9.59 Å². The molecule has 0 aromatic carbocycles. The Morgan fingerprint density at radius 2 is 2.08 bits per heavy atom. The first kappa shape index (κ1) is 11.7. The fourth-order valence-corrected chi connectivity index (χ4v) is 1.02. The molecule has 0 aromatic heterocycles. The van der Waals surface area contributed by atoms with Gasteiger partial charge in [-0.1, -0.05) is 19.1 Å². The van der Waals surface area contributed by atoms with Crippen molar-refractivity contribution in [2.75, 3.05) is 0 Å². The van der Waals surface area contributed by atoms with Gasteiger partial charge in [-0.2, -0.15) is 0 Å². The smallest absolute Gasteiger partial charge is 0.307 e. The SMILES string of the molecule is CC=CCC(C(N)=O)C(C)C(=O)O. The van der Waals surface area contributed by atoms with E-state index in [1.165, 1.54) is 6.92 Å². The summed E-state index contributed by atoms with van der Waals surface area (Å²) in [6, 6.07) is 0. The van der Waals surface area contributed by atoms with E-state index in [-0.39, 0.29) is 0 Å². The third kappa shape index (κ3) is 3.73. The van der Waals surface area contributed by atoms with E-state index in [4.69, 9.17) is 10.8 Å². The standard InChI is InChI=1S/C9H15NO3/c1-3-4-5-7(8(10)11)6(2)9(12)13/h3-4,6-7H,5H2,1-2H3,(H2,10,11)(H,12,13). The Bertz CT molecular complexity index is 223. The fourth-order valence-electron chi connectivity index (χ4n) is 1.02. The van der Waals surface area contributed by atoms with Gasteiger partial charge in [-0.25, -0.2) is 0 Å². The minimum atomic E-state index is -0.992. The molecule has 2 atom stereocenters. The Morgan fingerprint density at radius 1 is 1.54 bits per heavy atom. The second-order valence-corrected chi connectivity index (χ2v) is 2.94. The zero-order valence-corrected chi connectivity index (χ0v) is 7.86. The molecule has 0 aliphatic rings. The van der Waals surface area contributed by atoms with Crippen molar-refractivity contribution < 1.29 is 14.7 Å². The van der Waals surface area contributed by atoms with Gasteiger partial charge in [0, 0.05) is 0 Å². The zero-order valence-electron chi connectivity index (χ0n) is 7.86. The van der Waals surface area contributed by atoms with Crippen LogP contribution >= 0.6 is 0 Å². The quantitative estimate of drug-likeness (QED) is 0.621. The highest BCUT2D eigenvalue weighted by atomic mass is 16.4. The molecule has 2 unspecified atom stereocenters. The Balaban J connectivity index is 4.41. The molecule has 13 heavy (non-hydrogen) atoms. The lowest BCUT2D eigenvalue weighted by molar-refractivity contribution is -0.145. The lowest BCUT2D eigenvalue weighted by Crippen LogP contribution is -2.32. The third-order valence-corrected chi connectivity index (χ3v) is 1.98. The molecule has 0 rings (SSSR count). The van der Waals surface area contributed by atoms with Crippen LogP contribution in [0.5, 0.6) is 0 Å². The van der Waals surface area contributed by atoms with E-state index in [1.54, 1.807) is 12.2 Å². The molecular formula is C9H15NO3. The highest BCUT2D eigenvalue weighted by Gasteiger charge is 2.26. The van der Waals surface area contributed by atoms with Gasteiger partial charge in [-0.05, 0) is 13.3 Å². The van der Waals surface area contributed by atoms with Gasteiger partial charge >= 0.3 is 5.97 Å². The van der Waals surface area contributed by atoms with Crippen molar-refractivity contribution in [3.8, 4) is 0 Å². The summed E-state index contributed by atoms with van der Waals surface area (Å²) in [4.78, 5) is 21.5. The minimum Gasteiger partial charge on any atom is -0.481 e. The van der Waals surface area contributed by atoms with Crippen molar-refractivity contribution in [2.24, 2.45) is 17.6 Å². The first-order valence-electron chi connectivity index (χ1n) is 4.14. The van der Waals surface area contributed by atoms with E-state index < -0.39 is 23.7 Å². The molecule has 3 N–H and O–H groups in total. The van der Waals surface area contributed by atoms with Crippen LogP contribution in [-0.4, -0.2) is 17.0 Å². The van der Waals surface area contributed by atoms with Gasteiger partial charge in [0.05, 0.1) is 11.8 Å². The van der Waals surface area contributed by atoms with Crippen molar-refractivity contribution in [2.45, 2.75) is 20.3 Å². The molecule has 0 aliphatic heterocycles. The van der Waals surface area contributed by atoms with Crippen LogP contribution in [0.25, 0.3) is 0 Å². The van der Waals surface area contributed by atoms with Gasteiger partial charge in [0.1, 0.15) is 0 Å². The maximum absolute atomic E-state index is 10.9. The molecule has 0 saturated heterocycles. The monoisotopic (exact) mass is 185 g/mol. The first-order chi connectivity index (χ1) is 6.00. The van der Waals surface area contributed by atoms with Gasteiger partial charge in [0.2, 0.25) is 5.91 Å². The number of rotatable bonds is 5. The van der Waals surface area contributed by atoms with E-state index in [9.17, 15) is 9.59 Å². The molecule has 0 radical (unpaired) electrons. The van der Waals surface area contributed by atoms with Crippen molar-refractivity contribution >= 4 is 11.9 Å². The average molecular weight is 185 g/mol. The lowest BCUT2D eigenvalue weighted by atomic mass is 9.90. The number of carboxylic acids is 1. The summed E-state index contributed by atoms with van der Waals surface area (Å²) in [5.74, 6) is -2.90. The summed E-state index contributed by atoms with van der Waals surface area (Å²) < 4.78 is 0. The molecule has 0 spiro atoms. The molecule has 0 fully saturated rings. The molecule has 4 heteroatoms. The number of primary amides is 1. The molecule has 0 heterocycles. The highest BCUT2D eigenvalue weighted by Crippen LogP contribution is 2.16. The number of allylic oxidation sites excluding steroid dienone is 2. The molecular weight excluding hydrogens is 170 g/mol. The van der Waals surface area contributed by atoms with E-state index in [0.717, 1.165) is 0 Å². The predicted molar refractivity (Wildman–Crippen MR) is 48.9 cm³/mol. The van der Waals surface area contributed by atoms with E-state index in [2.05, 4.69) is 0 Å². The van der Waals surface area contributed by atoms with Crippen LogP contribution in [0.3, 0.4) is 0 Å². The molecule has 0 aliphatic carbocycles. The van der Waals surface area contributed by atoms with E-state index >= 15 is 0 Å². The van der Waals surface area contributed by atoms with E-state index in [1.807, 2.05) is 6.92 Å². The fraction of sp³-hybridized carbons (Fsp3) is 0.556. The Hall–Kier alpha value is -1.32. The van der Waals surface area contributed by atoms with Gasteiger partial charge in [0.25, 0.3) is 0 Å². The summed E-state index contributed by atoms with van der Waals surface area (Å²) in [6.07, 6.45) is 3.90. The summed E-state index contributed by atoms with van der Waals surface area (Å²) in [5.41, 5.74) is 5.08. The van der Waals surface area contributed by atoms with Crippen LogP contribution in [0.1, 0.15) is 20.3 Å². The number of carbonyl (C=O) groups is 2. The Morgan fingerprint density at radius 3 is 2.38 bits per heavy atom. The largest absolute Gasteiger partial charge is 0.481 e. The van der Waals surface area contributed by atoms with Gasteiger partial charge < -0.3 is 10.8 Å². The Kier molecular flexibility index (Phi) is 4.80. The van der Waals surface area contributed by atoms with Crippen LogP contribution in [0.2, 0.25) is 0 Å². The van der Waals surface area contributed by atoms with Crippen LogP contribution in [-0.2, 0) is 9.59 Å². The summed E-state index contributed by atoms with van der Waals surface area (Å²) in [6.45, 7) is 3.30. The zero-order chi connectivity index (χ0) is 10.4. The maximum Gasteiger partial charge on any atom is 0.307 e. The number of amides is 1. The maximum atomic E-state index is 10.9. The topological polar surface area (TPSA) is 80.4 Å². The number of nitrogens with two attached hydrogens (primary N) is 1. The Labute approximate surface area is 77.4 Å².